The molecule has 1 unspecified atom stereocenters. The summed E-state index contributed by atoms with van der Waals surface area (Å²) in [7, 11) is 0. The number of hydrogen-bond acceptors (Lipinski definition) is 3. The molecule has 1 saturated heterocycles. The lowest BCUT2D eigenvalue weighted by molar-refractivity contribution is 0.0683. The molecule has 3 nitrogen and oxygen atoms in total. The second kappa shape index (κ2) is 5.54. The zero-order valence-electron chi connectivity index (χ0n) is 11.7. The average Bonchev–Trinajstić information content (AvgIpc) is 2.90. The molecule has 106 valence electrons. The van der Waals surface area contributed by atoms with E-state index in [0.717, 1.165) is 36.9 Å². The zero-order chi connectivity index (χ0) is 14.1. The maximum absolute atomic E-state index is 12.7. The second-order valence-corrected chi connectivity index (χ2v) is 6.55. The number of piperidine rings is 1. The van der Waals surface area contributed by atoms with Gasteiger partial charge in [-0.25, -0.2) is 0 Å². The lowest BCUT2D eigenvalue weighted by Crippen LogP contribution is -2.42. The first-order chi connectivity index (χ1) is 9.66. The molecule has 0 radical (unpaired) electrons. The minimum atomic E-state index is 0.172. The van der Waals surface area contributed by atoms with Gasteiger partial charge in [-0.05, 0) is 31.7 Å². The fourth-order valence-corrected chi connectivity index (χ4v) is 3.88. The van der Waals surface area contributed by atoms with Crippen molar-refractivity contribution in [3.8, 4) is 0 Å². The van der Waals surface area contributed by atoms with E-state index in [2.05, 4.69) is 13.0 Å². The number of fused-ring (bicyclic) bond motifs is 1. The molecule has 1 aliphatic heterocycles. The monoisotopic (exact) mass is 288 g/mol. The largest absolute Gasteiger partial charge is 0.339 e. The third-order valence-corrected chi connectivity index (χ3v) is 5.25. The van der Waals surface area contributed by atoms with Gasteiger partial charge in [-0.2, -0.15) is 0 Å². The molecular weight excluding hydrogens is 268 g/mol. The van der Waals surface area contributed by atoms with E-state index in [1.165, 1.54) is 4.70 Å². The Labute approximate surface area is 123 Å². The summed E-state index contributed by atoms with van der Waals surface area (Å²) in [6.45, 7) is 3.72. The molecule has 0 saturated carbocycles. The van der Waals surface area contributed by atoms with Gasteiger partial charge in [0.05, 0.1) is 5.56 Å². The molecule has 0 spiro atoms. The number of nitrogens with two attached hydrogens (primary N) is 1. The summed E-state index contributed by atoms with van der Waals surface area (Å²) in [5.41, 5.74) is 6.81. The number of rotatable bonds is 2. The van der Waals surface area contributed by atoms with Crippen LogP contribution in [0.15, 0.2) is 29.6 Å². The Morgan fingerprint density at radius 3 is 2.75 bits per heavy atom. The summed E-state index contributed by atoms with van der Waals surface area (Å²) in [5.74, 6) is 0.726. The molecule has 4 heteroatoms. The van der Waals surface area contributed by atoms with E-state index in [1.54, 1.807) is 11.3 Å². The van der Waals surface area contributed by atoms with Gasteiger partial charge in [-0.1, -0.05) is 18.2 Å². The SMILES string of the molecule is CC(N)C1CCN(C(=O)c2csc3ccccc23)CC1. The molecule has 1 amide bonds. The van der Waals surface area contributed by atoms with Gasteiger partial charge in [-0.3, -0.25) is 4.79 Å². The highest BCUT2D eigenvalue weighted by molar-refractivity contribution is 7.17. The molecule has 3 rings (SSSR count). The van der Waals surface area contributed by atoms with Crippen molar-refractivity contribution in [1.29, 1.82) is 0 Å². The second-order valence-electron chi connectivity index (χ2n) is 5.63. The van der Waals surface area contributed by atoms with Crippen LogP contribution in [0.5, 0.6) is 0 Å². The topological polar surface area (TPSA) is 46.3 Å². The van der Waals surface area contributed by atoms with Gasteiger partial charge in [0.2, 0.25) is 0 Å². The van der Waals surface area contributed by atoms with E-state index >= 15 is 0 Å². The maximum atomic E-state index is 12.7. The fraction of sp³-hybridized carbons (Fsp3) is 0.438. The molecular formula is C16H20N2OS. The van der Waals surface area contributed by atoms with Crippen LogP contribution >= 0.6 is 11.3 Å². The Hall–Kier alpha value is -1.39. The van der Waals surface area contributed by atoms with Gasteiger partial charge in [0.1, 0.15) is 0 Å². The molecule has 1 aromatic carbocycles. The molecule has 1 aromatic heterocycles. The third kappa shape index (κ3) is 2.45. The van der Waals surface area contributed by atoms with Crippen LogP contribution < -0.4 is 5.73 Å². The van der Waals surface area contributed by atoms with Crippen molar-refractivity contribution in [1.82, 2.24) is 4.90 Å². The highest BCUT2D eigenvalue weighted by atomic mass is 32.1. The first-order valence-corrected chi connectivity index (χ1v) is 8.06. The van der Waals surface area contributed by atoms with Crippen molar-refractivity contribution in [2.75, 3.05) is 13.1 Å². The molecule has 1 fully saturated rings. The van der Waals surface area contributed by atoms with Crippen molar-refractivity contribution in [3.63, 3.8) is 0 Å². The van der Waals surface area contributed by atoms with Crippen LogP contribution in [0.3, 0.4) is 0 Å². The molecule has 1 aliphatic rings. The van der Waals surface area contributed by atoms with Crippen molar-refractivity contribution in [2.45, 2.75) is 25.8 Å². The summed E-state index contributed by atoms with van der Waals surface area (Å²) < 4.78 is 1.18. The van der Waals surface area contributed by atoms with Crippen LogP contribution in [-0.4, -0.2) is 29.9 Å². The van der Waals surface area contributed by atoms with E-state index in [4.69, 9.17) is 5.73 Å². The molecule has 0 aliphatic carbocycles. The van der Waals surface area contributed by atoms with Crippen LogP contribution in [0.25, 0.3) is 10.1 Å². The van der Waals surface area contributed by atoms with Crippen LogP contribution in [0, 0.1) is 5.92 Å². The Morgan fingerprint density at radius 2 is 2.05 bits per heavy atom. The van der Waals surface area contributed by atoms with E-state index in [9.17, 15) is 4.79 Å². The predicted octanol–water partition coefficient (Wildman–Crippen LogP) is 3.10. The fourth-order valence-electron chi connectivity index (χ4n) is 2.94. The van der Waals surface area contributed by atoms with E-state index in [1.807, 2.05) is 28.5 Å². The maximum Gasteiger partial charge on any atom is 0.255 e. The summed E-state index contributed by atoms with van der Waals surface area (Å²) >= 11 is 1.64. The number of carbonyl (C=O) groups is 1. The van der Waals surface area contributed by atoms with Gasteiger partial charge < -0.3 is 10.6 Å². The van der Waals surface area contributed by atoms with Gasteiger partial charge in [0, 0.05) is 34.6 Å². The summed E-state index contributed by atoms with van der Waals surface area (Å²) in [5, 5.41) is 3.07. The molecule has 2 heterocycles. The van der Waals surface area contributed by atoms with Gasteiger partial charge >= 0.3 is 0 Å². The Morgan fingerprint density at radius 1 is 1.35 bits per heavy atom. The quantitative estimate of drug-likeness (QED) is 0.923. The van der Waals surface area contributed by atoms with Crippen LogP contribution in [0.4, 0.5) is 0 Å². The standard InChI is InChI=1S/C16H20N2OS/c1-11(17)12-6-8-18(9-7-12)16(19)14-10-20-15-5-3-2-4-13(14)15/h2-5,10-12H,6-9,17H2,1H3. The number of nitrogens with zero attached hydrogens (tertiary/aromatic N) is 1. The number of thiophene rings is 1. The smallest absolute Gasteiger partial charge is 0.255 e. The first-order valence-electron chi connectivity index (χ1n) is 7.18. The van der Waals surface area contributed by atoms with Crippen molar-refractivity contribution in [3.05, 3.63) is 35.2 Å². The first kappa shape index (κ1) is 13.6. The Kier molecular flexibility index (Phi) is 3.76. The van der Waals surface area contributed by atoms with E-state index in [0.29, 0.717) is 5.92 Å². The normalized spacial score (nSPS) is 18.4. The number of benzene rings is 1. The lowest BCUT2D eigenvalue weighted by Gasteiger charge is -2.33. The number of likely N-dealkylation sites (tertiary alicyclic amines) is 1. The van der Waals surface area contributed by atoms with Crippen molar-refractivity contribution < 1.29 is 4.79 Å². The van der Waals surface area contributed by atoms with Gasteiger partial charge in [0.15, 0.2) is 0 Å². The molecule has 2 aromatic rings. The van der Waals surface area contributed by atoms with E-state index < -0.39 is 0 Å². The van der Waals surface area contributed by atoms with Crippen molar-refractivity contribution >= 4 is 27.3 Å². The minimum absolute atomic E-state index is 0.172. The number of hydrogen-bond donors (Lipinski definition) is 1. The highest BCUT2D eigenvalue weighted by Gasteiger charge is 2.26. The van der Waals surface area contributed by atoms with Crippen molar-refractivity contribution in [2.24, 2.45) is 11.7 Å². The molecule has 20 heavy (non-hydrogen) atoms. The highest BCUT2D eigenvalue weighted by Crippen LogP contribution is 2.28. The van der Waals surface area contributed by atoms with E-state index in [-0.39, 0.29) is 11.9 Å². The predicted molar refractivity (Wildman–Crippen MR) is 84.1 cm³/mol. The van der Waals surface area contributed by atoms with Gasteiger partial charge in [0.25, 0.3) is 5.91 Å². The Balaban J connectivity index is 1.77. The third-order valence-electron chi connectivity index (χ3n) is 4.28. The zero-order valence-corrected chi connectivity index (χ0v) is 12.5. The minimum Gasteiger partial charge on any atom is -0.339 e. The average molecular weight is 288 g/mol. The van der Waals surface area contributed by atoms with Gasteiger partial charge in [-0.15, -0.1) is 11.3 Å². The number of amides is 1. The summed E-state index contributed by atoms with van der Waals surface area (Å²) in [6.07, 6.45) is 2.04. The lowest BCUT2D eigenvalue weighted by atomic mass is 9.90. The molecule has 0 bridgehead atoms. The Bertz CT molecular complexity index is 612. The molecule has 1 atom stereocenters. The number of carbonyl (C=O) groups excluding carboxylic acids is 1. The summed E-state index contributed by atoms with van der Waals surface area (Å²) in [6, 6.07) is 8.34. The van der Waals surface area contributed by atoms with Crippen LogP contribution in [0.1, 0.15) is 30.1 Å². The molecule has 2 N–H and O–H groups in total. The summed E-state index contributed by atoms with van der Waals surface area (Å²) in [4.78, 5) is 14.6. The van der Waals surface area contributed by atoms with Crippen LogP contribution in [0.2, 0.25) is 0 Å². The van der Waals surface area contributed by atoms with Crippen LogP contribution in [-0.2, 0) is 0 Å².